The average Bonchev–Trinajstić information content (AvgIpc) is 2.99. The SMILES string of the molecule is CC(=O)CCc1ccc(C2CC2)cc1. The van der Waals surface area contributed by atoms with E-state index in [-0.39, 0.29) is 5.78 Å². The third kappa shape index (κ3) is 2.44. The van der Waals surface area contributed by atoms with Gasteiger partial charge in [-0.25, -0.2) is 0 Å². The van der Waals surface area contributed by atoms with Crippen molar-refractivity contribution in [3.05, 3.63) is 35.4 Å². The standard InChI is InChI=1S/C13H16O/c1-10(14)2-3-11-4-6-12(7-5-11)13-8-9-13/h4-7,13H,2-3,8-9H2,1H3. The maximum absolute atomic E-state index is 10.8. The van der Waals surface area contributed by atoms with E-state index in [1.54, 1.807) is 6.92 Å². The van der Waals surface area contributed by atoms with E-state index in [9.17, 15) is 4.79 Å². The molecule has 1 aliphatic rings. The molecule has 1 saturated carbocycles. The van der Waals surface area contributed by atoms with Crippen LogP contribution in [-0.2, 0) is 11.2 Å². The van der Waals surface area contributed by atoms with Gasteiger partial charge in [-0.1, -0.05) is 24.3 Å². The second kappa shape index (κ2) is 3.95. The Bertz CT molecular complexity index is 320. The number of ketones is 1. The summed E-state index contributed by atoms with van der Waals surface area (Å²) in [5.74, 6) is 1.10. The lowest BCUT2D eigenvalue weighted by molar-refractivity contribution is -0.116. The van der Waals surface area contributed by atoms with E-state index in [2.05, 4.69) is 24.3 Å². The highest BCUT2D eigenvalue weighted by molar-refractivity contribution is 5.75. The highest BCUT2D eigenvalue weighted by atomic mass is 16.1. The maximum Gasteiger partial charge on any atom is 0.130 e. The molecule has 0 aliphatic heterocycles. The van der Waals surface area contributed by atoms with Gasteiger partial charge in [-0.05, 0) is 43.2 Å². The van der Waals surface area contributed by atoms with Gasteiger partial charge in [0.2, 0.25) is 0 Å². The lowest BCUT2D eigenvalue weighted by Gasteiger charge is -2.01. The van der Waals surface area contributed by atoms with Crippen LogP contribution in [0.5, 0.6) is 0 Å². The van der Waals surface area contributed by atoms with Crippen LogP contribution in [0.1, 0.15) is 43.2 Å². The molecule has 1 aromatic carbocycles. The first-order valence-corrected chi connectivity index (χ1v) is 5.34. The second-order valence-corrected chi connectivity index (χ2v) is 4.22. The zero-order chi connectivity index (χ0) is 9.97. The summed E-state index contributed by atoms with van der Waals surface area (Å²) in [6.07, 6.45) is 4.27. The predicted octanol–water partition coefficient (Wildman–Crippen LogP) is 3.09. The molecule has 1 fully saturated rings. The fourth-order valence-corrected chi connectivity index (χ4v) is 1.69. The van der Waals surface area contributed by atoms with Gasteiger partial charge in [-0.15, -0.1) is 0 Å². The molecule has 0 aromatic heterocycles. The van der Waals surface area contributed by atoms with Gasteiger partial charge in [-0.2, -0.15) is 0 Å². The van der Waals surface area contributed by atoms with Gasteiger partial charge in [0.25, 0.3) is 0 Å². The van der Waals surface area contributed by atoms with E-state index in [1.165, 1.54) is 24.0 Å². The minimum absolute atomic E-state index is 0.274. The van der Waals surface area contributed by atoms with Crippen LogP contribution in [0.15, 0.2) is 24.3 Å². The summed E-state index contributed by atoms with van der Waals surface area (Å²) >= 11 is 0. The van der Waals surface area contributed by atoms with Gasteiger partial charge in [0.05, 0.1) is 0 Å². The van der Waals surface area contributed by atoms with Crippen molar-refractivity contribution >= 4 is 5.78 Å². The number of aryl methyl sites for hydroxylation is 1. The third-order valence-electron chi connectivity index (χ3n) is 2.79. The van der Waals surface area contributed by atoms with E-state index in [0.717, 1.165) is 12.3 Å². The molecular formula is C13H16O. The van der Waals surface area contributed by atoms with Crippen LogP contribution < -0.4 is 0 Å². The Morgan fingerprint density at radius 3 is 2.43 bits per heavy atom. The summed E-state index contributed by atoms with van der Waals surface area (Å²) in [5.41, 5.74) is 2.75. The zero-order valence-corrected chi connectivity index (χ0v) is 8.62. The Labute approximate surface area is 85.1 Å². The van der Waals surface area contributed by atoms with Crippen LogP contribution in [0.4, 0.5) is 0 Å². The highest BCUT2D eigenvalue weighted by Crippen LogP contribution is 2.39. The van der Waals surface area contributed by atoms with Crippen molar-refractivity contribution in [2.45, 2.75) is 38.5 Å². The van der Waals surface area contributed by atoms with Crippen LogP contribution in [0, 0.1) is 0 Å². The number of benzene rings is 1. The molecule has 0 atom stereocenters. The Morgan fingerprint density at radius 2 is 1.93 bits per heavy atom. The van der Waals surface area contributed by atoms with Gasteiger partial charge < -0.3 is 4.79 Å². The molecule has 1 heteroatoms. The van der Waals surface area contributed by atoms with Crippen LogP contribution in [-0.4, -0.2) is 5.78 Å². The van der Waals surface area contributed by atoms with E-state index in [4.69, 9.17) is 0 Å². The van der Waals surface area contributed by atoms with Crippen molar-refractivity contribution < 1.29 is 4.79 Å². The van der Waals surface area contributed by atoms with E-state index in [0.29, 0.717) is 6.42 Å². The Hall–Kier alpha value is -1.11. The van der Waals surface area contributed by atoms with Gasteiger partial charge in [0.15, 0.2) is 0 Å². The van der Waals surface area contributed by atoms with Crippen molar-refractivity contribution in [3.8, 4) is 0 Å². The van der Waals surface area contributed by atoms with Crippen molar-refractivity contribution in [1.29, 1.82) is 0 Å². The summed E-state index contributed by atoms with van der Waals surface area (Å²) in [5, 5.41) is 0. The molecule has 0 radical (unpaired) electrons. The van der Waals surface area contributed by atoms with Crippen molar-refractivity contribution in [3.63, 3.8) is 0 Å². The Kier molecular flexibility index (Phi) is 2.67. The molecule has 14 heavy (non-hydrogen) atoms. The Morgan fingerprint density at radius 1 is 1.29 bits per heavy atom. The molecule has 1 nitrogen and oxygen atoms in total. The predicted molar refractivity (Wildman–Crippen MR) is 57.4 cm³/mol. The number of hydrogen-bond donors (Lipinski definition) is 0. The molecule has 2 rings (SSSR count). The largest absolute Gasteiger partial charge is 0.300 e. The van der Waals surface area contributed by atoms with Gasteiger partial charge in [0.1, 0.15) is 5.78 Å². The van der Waals surface area contributed by atoms with Gasteiger partial charge >= 0.3 is 0 Å². The first kappa shape index (κ1) is 9.45. The number of carbonyl (C=O) groups excluding carboxylic acids is 1. The van der Waals surface area contributed by atoms with E-state index < -0.39 is 0 Å². The Balaban J connectivity index is 1.95. The monoisotopic (exact) mass is 188 g/mol. The quantitative estimate of drug-likeness (QED) is 0.709. The van der Waals surface area contributed by atoms with Gasteiger partial charge in [-0.3, -0.25) is 0 Å². The molecule has 0 bridgehead atoms. The minimum Gasteiger partial charge on any atom is -0.300 e. The fraction of sp³-hybridized carbons (Fsp3) is 0.462. The van der Waals surface area contributed by atoms with Crippen LogP contribution in [0.25, 0.3) is 0 Å². The van der Waals surface area contributed by atoms with Gasteiger partial charge in [0, 0.05) is 6.42 Å². The molecule has 1 aromatic rings. The topological polar surface area (TPSA) is 17.1 Å². The average molecular weight is 188 g/mol. The third-order valence-corrected chi connectivity index (χ3v) is 2.79. The van der Waals surface area contributed by atoms with Crippen molar-refractivity contribution in [2.24, 2.45) is 0 Å². The van der Waals surface area contributed by atoms with E-state index >= 15 is 0 Å². The number of Topliss-reactive ketones (excluding diaryl/α,β-unsaturated/α-hetero) is 1. The summed E-state index contributed by atoms with van der Waals surface area (Å²) in [6, 6.07) is 8.76. The molecule has 1 aliphatic carbocycles. The smallest absolute Gasteiger partial charge is 0.130 e. The molecule has 0 amide bonds. The van der Waals surface area contributed by atoms with Crippen LogP contribution >= 0.6 is 0 Å². The van der Waals surface area contributed by atoms with E-state index in [1.807, 2.05) is 0 Å². The summed E-state index contributed by atoms with van der Waals surface area (Å²) in [6.45, 7) is 1.65. The van der Waals surface area contributed by atoms with Crippen LogP contribution in [0.3, 0.4) is 0 Å². The molecule has 0 spiro atoms. The van der Waals surface area contributed by atoms with Crippen molar-refractivity contribution in [2.75, 3.05) is 0 Å². The lowest BCUT2D eigenvalue weighted by Crippen LogP contribution is -1.93. The molecule has 0 N–H and O–H groups in total. The first-order valence-electron chi connectivity index (χ1n) is 5.34. The normalized spacial score (nSPS) is 15.5. The van der Waals surface area contributed by atoms with Crippen molar-refractivity contribution in [1.82, 2.24) is 0 Å². The molecule has 74 valence electrons. The summed E-state index contributed by atoms with van der Waals surface area (Å²) in [4.78, 5) is 10.8. The molecule has 0 saturated heterocycles. The first-order chi connectivity index (χ1) is 6.75. The minimum atomic E-state index is 0.274. The fourth-order valence-electron chi connectivity index (χ4n) is 1.69. The molecular weight excluding hydrogens is 172 g/mol. The molecule has 0 unspecified atom stereocenters. The van der Waals surface area contributed by atoms with Crippen LogP contribution in [0.2, 0.25) is 0 Å². The summed E-state index contributed by atoms with van der Waals surface area (Å²) < 4.78 is 0. The number of rotatable bonds is 4. The maximum atomic E-state index is 10.8. The number of carbonyl (C=O) groups is 1. The summed E-state index contributed by atoms with van der Waals surface area (Å²) in [7, 11) is 0. The molecule has 0 heterocycles. The second-order valence-electron chi connectivity index (χ2n) is 4.22. The number of hydrogen-bond acceptors (Lipinski definition) is 1. The lowest BCUT2D eigenvalue weighted by atomic mass is 10.0. The zero-order valence-electron chi connectivity index (χ0n) is 8.62. The highest BCUT2D eigenvalue weighted by Gasteiger charge is 2.22.